The Morgan fingerprint density at radius 2 is 1.68 bits per heavy atom. The van der Waals surface area contributed by atoms with Crippen molar-refractivity contribution in [2.75, 3.05) is 7.11 Å². The summed E-state index contributed by atoms with van der Waals surface area (Å²) in [7, 11) is 1.58. The topological polar surface area (TPSA) is 71.6 Å². The summed E-state index contributed by atoms with van der Waals surface area (Å²) in [6.45, 7) is 5.32. The first kappa shape index (κ1) is 19.8. The number of hydrogen-bond acceptors (Lipinski definition) is 4. The number of carbonyl (C=O) groups is 1. The molecule has 0 atom stereocenters. The number of nitrogens with one attached hydrogen (secondary N) is 1. The standard InChI is InChI=1S/C22H22ClNO4/c1-22(2,3)28-21(26)17-19(15-7-5-6-8-16(15)23)24-18(20(17)25)13-9-11-14(27-4)12-10-13/h5-12,24-25H,1-4H3. The quantitative estimate of drug-likeness (QED) is 0.554. The van der Waals surface area contributed by atoms with Crippen LogP contribution in [0.2, 0.25) is 5.02 Å². The van der Waals surface area contributed by atoms with Crippen molar-refractivity contribution in [1.82, 2.24) is 4.98 Å². The van der Waals surface area contributed by atoms with Crippen LogP contribution < -0.4 is 4.74 Å². The van der Waals surface area contributed by atoms with Crippen molar-refractivity contribution in [1.29, 1.82) is 0 Å². The van der Waals surface area contributed by atoms with Gasteiger partial charge in [0.2, 0.25) is 0 Å². The molecular weight excluding hydrogens is 378 g/mol. The van der Waals surface area contributed by atoms with E-state index in [0.29, 0.717) is 33.3 Å². The molecule has 1 aromatic heterocycles. The number of aromatic hydroxyl groups is 1. The Kier molecular flexibility index (Phi) is 5.38. The first-order valence-corrected chi connectivity index (χ1v) is 9.16. The van der Waals surface area contributed by atoms with Crippen LogP contribution in [0.1, 0.15) is 31.1 Å². The Bertz CT molecular complexity index is 1000. The van der Waals surface area contributed by atoms with Gasteiger partial charge in [0.25, 0.3) is 0 Å². The maximum atomic E-state index is 12.9. The van der Waals surface area contributed by atoms with Crippen LogP contribution in [0.4, 0.5) is 0 Å². The van der Waals surface area contributed by atoms with E-state index < -0.39 is 11.6 Å². The molecule has 2 N–H and O–H groups in total. The van der Waals surface area contributed by atoms with Gasteiger partial charge in [-0.2, -0.15) is 0 Å². The van der Waals surface area contributed by atoms with Crippen molar-refractivity contribution in [3.63, 3.8) is 0 Å². The van der Waals surface area contributed by atoms with E-state index in [1.54, 1.807) is 70.3 Å². The zero-order valence-corrected chi connectivity index (χ0v) is 16.9. The Morgan fingerprint density at radius 1 is 1.04 bits per heavy atom. The van der Waals surface area contributed by atoms with Gasteiger partial charge in [0, 0.05) is 16.1 Å². The largest absolute Gasteiger partial charge is 0.505 e. The molecule has 0 aliphatic carbocycles. The van der Waals surface area contributed by atoms with Crippen LogP contribution in [-0.2, 0) is 4.74 Å². The number of methoxy groups -OCH3 is 1. The summed E-state index contributed by atoms with van der Waals surface area (Å²) in [5.74, 6) is -0.126. The Morgan fingerprint density at radius 3 is 2.25 bits per heavy atom. The normalized spacial score (nSPS) is 11.3. The van der Waals surface area contributed by atoms with E-state index in [-0.39, 0.29) is 11.3 Å². The van der Waals surface area contributed by atoms with E-state index in [4.69, 9.17) is 21.1 Å². The maximum Gasteiger partial charge on any atom is 0.344 e. The average molecular weight is 400 g/mol. The molecule has 0 aliphatic rings. The molecule has 0 unspecified atom stereocenters. The highest BCUT2D eigenvalue weighted by Crippen LogP contribution is 2.41. The molecule has 0 radical (unpaired) electrons. The van der Waals surface area contributed by atoms with Gasteiger partial charge in [-0.05, 0) is 51.1 Å². The second kappa shape index (κ2) is 7.60. The van der Waals surface area contributed by atoms with Gasteiger partial charge in [-0.25, -0.2) is 4.79 Å². The number of hydrogen-bond donors (Lipinski definition) is 2. The van der Waals surface area contributed by atoms with Crippen molar-refractivity contribution in [2.24, 2.45) is 0 Å². The van der Waals surface area contributed by atoms with Crippen LogP contribution >= 0.6 is 11.6 Å². The predicted octanol–water partition coefficient (Wildman–Crippen LogP) is 5.67. The van der Waals surface area contributed by atoms with Crippen LogP contribution in [-0.4, -0.2) is 28.8 Å². The number of benzene rings is 2. The molecule has 2 aromatic carbocycles. The molecular formula is C22H22ClNO4. The second-order valence-corrected chi connectivity index (χ2v) is 7.72. The number of halogens is 1. The number of carbonyl (C=O) groups excluding carboxylic acids is 1. The van der Waals surface area contributed by atoms with E-state index in [2.05, 4.69) is 4.98 Å². The third-order valence-corrected chi connectivity index (χ3v) is 4.43. The van der Waals surface area contributed by atoms with E-state index in [1.807, 2.05) is 6.07 Å². The minimum Gasteiger partial charge on any atom is -0.505 e. The van der Waals surface area contributed by atoms with Crippen molar-refractivity contribution < 1.29 is 19.4 Å². The summed E-state index contributed by atoms with van der Waals surface area (Å²) in [4.78, 5) is 16.0. The van der Waals surface area contributed by atoms with E-state index in [9.17, 15) is 9.90 Å². The van der Waals surface area contributed by atoms with Crippen LogP contribution in [0.25, 0.3) is 22.5 Å². The van der Waals surface area contributed by atoms with Crippen LogP contribution in [0.15, 0.2) is 48.5 Å². The second-order valence-electron chi connectivity index (χ2n) is 7.31. The van der Waals surface area contributed by atoms with Crippen LogP contribution in [0.5, 0.6) is 11.5 Å². The number of rotatable bonds is 4. The zero-order chi connectivity index (χ0) is 20.5. The SMILES string of the molecule is COc1ccc(-c2[nH]c(-c3ccccc3Cl)c(C(=O)OC(C)(C)C)c2O)cc1. The fraction of sp³-hybridized carbons (Fsp3) is 0.227. The Labute approximate surface area is 168 Å². The summed E-state index contributed by atoms with van der Waals surface area (Å²) in [6, 6.07) is 14.2. The number of aromatic nitrogens is 1. The van der Waals surface area contributed by atoms with Crippen molar-refractivity contribution in [2.45, 2.75) is 26.4 Å². The molecule has 0 aliphatic heterocycles. The van der Waals surface area contributed by atoms with E-state index >= 15 is 0 Å². The minimum absolute atomic E-state index is 0.0499. The lowest BCUT2D eigenvalue weighted by atomic mass is 10.1. The summed E-state index contributed by atoms with van der Waals surface area (Å²) in [5.41, 5.74) is 1.44. The van der Waals surface area contributed by atoms with Gasteiger partial charge in [-0.3, -0.25) is 0 Å². The van der Waals surface area contributed by atoms with Gasteiger partial charge in [0.1, 0.15) is 16.9 Å². The van der Waals surface area contributed by atoms with Gasteiger partial charge in [-0.15, -0.1) is 0 Å². The monoisotopic (exact) mass is 399 g/mol. The summed E-state index contributed by atoms with van der Waals surface area (Å²) < 4.78 is 10.7. The summed E-state index contributed by atoms with van der Waals surface area (Å²) in [6.07, 6.45) is 0. The fourth-order valence-electron chi connectivity index (χ4n) is 2.85. The maximum absolute atomic E-state index is 12.9. The highest BCUT2D eigenvalue weighted by molar-refractivity contribution is 6.33. The predicted molar refractivity (Wildman–Crippen MR) is 110 cm³/mol. The Hall–Kier alpha value is -2.92. The molecule has 0 spiro atoms. The van der Waals surface area contributed by atoms with Crippen LogP contribution in [0, 0.1) is 0 Å². The lowest BCUT2D eigenvalue weighted by molar-refractivity contribution is 0.00682. The molecule has 5 nitrogen and oxygen atoms in total. The molecule has 0 fully saturated rings. The minimum atomic E-state index is -0.710. The van der Waals surface area contributed by atoms with Gasteiger partial charge in [0.05, 0.1) is 18.5 Å². The number of ether oxygens (including phenoxy) is 2. The third-order valence-electron chi connectivity index (χ3n) is 4.10. The molecule has 3 rings (SSSR count). The number of H-pyrrole nitrogens is 1. The highest BCUT2D eigenvalue weighted by Gasteiger charge is 2.29. The third kappa shape index (κ3) is 3.99. The molecule has 0 saturated heterocycles. The first-order valence-electron chi connectivity index (χ1n) is 8.79. The van der Waals surface area contributed by atoms with Crippen molar-refractivity contribution in [3.8, 4) is 34.0 Å². The first-order chi connectivity index (χ1) is 13.2. The van der Waals surface area contributed by atoms with E-state index in [1.165, 1.54) is 0 Å². The van der Waals surface area contributed by atoms with Gasteiger partial charge >= 0.3 is 5.97 Å². The lowest BCUT2D eigenvalue weighted by Crippen LogP contribution is -2.24. The van der Waals surface area contributed by atoms with Gasteiger partial charge in [0.15, 0.2) is 5.75 Å². The molecule has 0 amide bonds. The van der Waals surface area contributed by atoms with Crippen LogP contribution in [0.3, 0.4) is 0 Å². The molecule has 1 heterocycles. The summed E-state index contributed by atoms with van der Waals surface area (Å²) in [5, 5.41) is 11.4. The van der Waals surface area contributed by atoms with Gasteiger partial charge in [-0.1, -0.05) is 29.8 Å². The molecule has 6 heteroatoms. The highest BCUT2D eigenvalue weighted by atomic mass is 35.5. The Balaban J connectivity index is 2.19. The van der Waals surface area contributed by atoms with Crippen molar-refractivity contribution >= 4 is 17.6 Å². The summed E-state index contributed by atoms with van der Waals surface area (Å²) >= 11 is 6.35. The number of esters is 1. The molecule has 146 valence electrons. The molecule has 28 heavy (non-hydrogen) atoms. The smallest absolute Gasteiger partial charge is 0.344 e. The van der Waals surface area contributed by atoms with Gasteiger partial charge < -0.3 is 19.6 Å². The average Bonchev–Trinajstić information content (AvgIpc) is 2.98. The molecule has 0 bridgehead atoms. The lowest BCUT2D eigenvalue weighted by Gasteiger charge is -2.19. The fourth-order valence-corrected chi connectivity index (χ4v) is 3.08. The van der Waals surface area contributed by atoms with Crippen molar-refractivity contribution in [3.05, 3.63) is 59.1 Å². The molecule has 3 aromatic rings. The zero-order valence-electron chi connectivity index (χ0n) is 16.2. The number of aromatic amines is 1. The molecule has 0 saturated carbocycles. The van der Waals surface area contributed by atoms with E-state index in [0.717, 1.165) is 0 Å².